The first-order valence-corrected chi connectivity index (χ1v) is 4.78. The van der Waals surface area contributed by atoms with Crippen molar-refractivity contribution in [1.29, 1.82) is 0 Å². The van der Waals surface area contributed by atoms with Crippen LogP contribution >= 0.6 is 0 Å². The zero-order valence-electron chi connectivity index (χ0n) is 6.08. The molecule has 0 aliphatic carbocycles. The van der Waals surface area contributed by atoms with Crippen LogP contribution < -0.4 is 16.6 Å². The summed E-state index contributed by atoms with van der Waals surface area (Å²) in [5, 5.41) is 0. The lowest BCUT2D eigenvalue weighted by molar-refractivity contribution is 0.475. The summed E-state index contributed by atoms with van der Waals surface area (Å²) in [4.78, 5) is 0. The summed E-state index contributed by atoms with van der Waals surface area (Å²) < 4.78 is 28.5. The molecule has 6 nitrogen and oxygen atoms in total. The summed E-state index contributed by atoms with van der Waals surface area (Å²) >= 11 is 0. The van der Waals surface area contributed by atoms with Gasteiger partial charge in [-0.25, -0.2) is 0 Å². The lowest BCUT2D eigenvalue weighted by Gasteiger charge is -2.02. The summed E-state index contributed by atoms with van der Waals surface area (Å²) in [5.74, 6) is -0.301. The van der Waals surface area contributed by atoms with E-state index >= 15 is 0 Å². The van der Waals surface area contributed by atoms with Crippen LogP contribution in [0.2, 0.25) is 0 Å². The molecule has 0 aromatic heterocycles. The molecular weight excluding hydrogens is 170 g/mol. The largest absolute Gasteiger partial charge is 0.329 e. The first-order chi connectivity index (χ1) is 5.06. The zero-order chi connectivity index (χ0) is 8.74. The Labute approximate surface area is 65.9 Å². The van der Waals surface area contributed by atoms with E-state index in [1.165, 1.54) is 0 Å². The highest BCUT2D eigenvalue weighted by molar-refractivity contribution is 7.85. The van der Waals surface area contributed by atoms with Gasteiger partial charge in [0.15, 0.2) is 0 Å². The Morgan fingerprint density at radius 3 is 2.27 bits per heavy atom. The number of nitrogens with two attached hydrogens (primary N) is 1. The van der Waals surface area contributed by atoms with E-state index in [1.807, 2.05) is 0 Å². The Hall–Kier alpha value is -0.210. The Kier molecular flexibility index (Phi) is 5.34. The maximum Gasteiger partial charge on any atom is 0.266 e. The van der Waals surface area contributed by atoms with Gasteiger partial charge in [0, 0.05) is 19.6 Å². The first kappa shape index (κ1) is 10.8. The average molecular weight is 183 g/mol. The highest BCUT2D eigenvalue weighted by Gasteiger charge is 2.01. The van der Waals surface area contributed by atoms with Crippen LogP contribution in [0, 0.1) is 0 Å². The van der Waals surface area contributed by atoms with E-state index in [2.05, 4.69) is 10.9 Å². The molecule has 0 aliphatic heterocycles. The van der Waals surface area contributed by atoms with E-state index in [1.54, 1.807) is 0 Å². The van der Waals surface area contributed by atoms with Crippen molar-refractivity contribution in [3.8, 4) is 0 Å². The average Bonchev–Trinajstić information content (AvgIpc) is 1.85. The molecule has 5 N–H and O–H groups in total. The van der Waals surface area contributed by atoms with E-state index in [0.717, 1.165) is 0 Å². The molecule has 0 aromatic rings. The molecule has 0 aliphatic rings. The number of rotatable bonds is 6. The van der Waals surface area contributed by atoms with Crippen molar-refractivity contribution in [3.63, 3.8) is 0 Å². The van der Waals surface area contributed by atoms with Crippen LogP contribution in [0.4, 0.5) is 0 Å². The molecule has 0 heterocycles. The molecule has 0 bridgehead atoms. The third kappa shape index (κ3) is 9.79. The van der Waals surface area contributed by atoms with Gasteiger partial charge in [-0.2, -0.15) is 8.42 Å². The Balaban J connectivity index is 3.16. The fourth-order valence-corrected chi connectivity index (χ4v) is 0.789. The number of nitrogens with one attached hydrogen (secondary N) is 2. The molecular formula is C4H13N3O3S. The van der Waals surface area contributed by atoms with E-state index in [0.29, 0.717) is 13.1 Å². The number of hydrazine groups is 1. The quantitative estimate of drug-likeness (QED) is 0.214. The molecule has 0 amide bonds. The van der Waals surface area contributed by atoms with Crippen LogP contribution in [-0.2, 0) is 10.1 Å². The Morgan fingerprint density at radius 2 is 1.82 bits per heavy atom. The van der Waals surface area contributed by atoms with Crippen molar-refractivity contribution in [2.24, 2.45) is 5.73 Å². The fraction of sp³-hybridized carbons (Fsp3) is 1.00. The smallest absolute Gasteiger partial charge is 0.266 e. The highest BCUT2D eigenvalue weighted by Crippen LogP contribution is 1.76. The molecule has 0 saturated heterocycles. The second kappa shape index (κ2) is 5.44. The van der Waals surface area contributed by atoms with Crippen LogP contribution in [0.15, 0.2) is 0 Å². The van der Waals surface area contributed by atoms with Crippen molar-refractivity contribution in [1.82, 2.24) is 10.9 Å². The van der Waals surface area contributed by atoms with E-state index in [9.17, 15) is 8.42 Å². The van der Waals surface area contributed by atoms with Gasteiger partial charge in [0.25, 0.3) is 10.1 Å². The normalized spacial score (nSPS) is 11.8. The topological polar surface area (TPSA) is 104 Å². The monoisotopic (exact) mass is 183 g/mol. The molecule has 0 saturated carbocycles. The van der Waals surface area contributed by atoms with Crippen LogP contribution in [0.5, 0.6) is 0 Å². The van der Waals surface area contributed by atoms with Gasteiger partial charge < -0.3 is 5.73 Å². The van der Waals surface area contributed by atoms with Crippen LogP contribution in [0.1, 0.15) is 0 Å². The molecule has 0 aromatic carbocycles. The fourth-order valence-electron chi connectivity index (χ4n) is 0.429. The summed E-state index contributed by atoms with van der Waals surface area (Å²) in [5.41, 5.74) is 10.4. The summed E-state index contributed by atoms with van der Waals surface area (Å²) in [6.45, 7) is 1.20. The first-order valence-electron chi connectivity index (χ1n) is 3.17. The van der Waals surface area contributed by atoms with Crippen molar-refractivity contribution in [2.45, 2.75) is 0 Å². The summed E-state index contributed by atoms with van der Waals surface area (Å²) in [6, 6.07) is 0. The number of hydrogen-bond acceptors (Lipinski definition) is 5. The molecule has 0 atom stereocenters. The van der Waals surface area contributed by atoms with E-state index in [-0.39, 0.29) is 12.3 Å². The Bertz CT molecular complexity index is 179. The van der Waals surface area contributed by atoms with Crippen LogP contribution in [0.3, 0.4) is 0 Å². The predicted octanol–water partition coefficient (Wildman–Crippen LogP) is -2.07. The van der Waals surface area contributed by atoms with Gasteiger partial charge in [0.1, 0.15) is 0 Å². The maximum absolute atomic E-state index is 10.1. The second-order valence-corrected chi connectivity index (χ2v) is 3.50. The molecule has 0 spiro atoms. The van der Waals surface area contributed by atoms with Crippen LogP contribution in [0.25, 0.3) is 0 Å². The lowest BCUT2D eigenvalue weighted by Crippen LogP contribution is -2.38. The standard InChI is InChI=1S/C4H13N3O3S/c5-1-2-6-7-3-4-11(8,9)10/h6-7H,1-5H2,(H,8,9,10). The predicted molar refractivity (Wildman–Crippen MR) is 41.5 cm³/mol. The van der Waals surface area contributed by atoms with Gasteiger partial charge >= 0.3 is 0 Å². The van der Waals surface area contributed by atoms with Gasteiger partial charge in [-0.05, 0) is 0 Å². The summed E-state index contributed by atoms with van der Waals surface area (Å²) in [6.07, 6.45) is 0. The van der Waals surface area contributed by atoms with E-state index < -0.39 is 10.1 Å². The van der Waals surface area contributed by atoms with Gasteiger partial charge in [-0.1, -0.05) is 0 Å². The third-order valence-corrected chi connectivity index (χ3v) is 1.60. The van der Waals surface area contributed by atoms with Crippen LogP contribution in [-0.4, -0.2) is 38.4 Å². The maximum atomic E-state index is 10.1. The van der Waals surface area contributed by atoms with Gasteiger partial charge in [0.2, 0.25) is 0 Å². The molecule has 68 valence electrons. The van der Waals surface area contributed by atoms with Crippen molar-refractivity contribution >= 4 is 10.1 Å². The molecule has 0 radical (unpaired) electrons. The third-order valence-electron chi connectivity index (χ3n) is 0.879. The van der Waals surface area contributed by atoms with Crippen molar-refractivity contribution in [2.75, 3.05) is 25.4 Å². The van der Waals surface area contributed by atoms with E-state index in [4.69, 9.17) is 10.3 Å². The molecule has 7 heteroatoms. The lowest BCUT2D eigenvalue weighted by atomic mass is 10.7. The highest BCUT2D eigenvalue weighted by atomic mass is 32.2. The minimum atomic E-state index is -3.85. The minimum absolute atomic E-state index is 0.166. The summed E-state index contributed by atoms with van der Waals surface area (Å²) in [7, 11) is -3.85. The minimum Gasteiger partial charge on any atom is -0.329 e. The molecule has 0 unspecified atom stereocenters. The van der Waals surface area contributed by atoms with Crippen molar-refractivity contribution < 1.29 is 13.0 Å². The number of hydrogen-bond donors (Lipinski definition) is 4. The van der Waals surface area contributed by atoms with Gasteiger partial charge in [0.05, 0.1) is 5.75 Å². The molecule has 0 fully saturated rings. The van der Waals surface area contributed by atoms with Crippen molar-refractivity contribution in [3.05, 3.63) is 0 Å². The zero-order valence-corrected chi connectivity index (χ0v) is 6.89. The molecule has 11 heavy (non-hydrogen) atoms. The SMILES string of the molecule is NCCNNCCS(=O)(=O)O. The second-order valence-electron chi connectivity index (χ2n) is 1.93. The molecule has 0 rings (SSSR count). The van der Waals surface area contributed by atoms with Gasteiger partial charge in [-0.15, -0.1) is 0 Å². The Morgan fingerprint density at radius 1 is 1.27 bits per heavy atom. The van der Waals surface area contributed by atoms with Gasteiger partial charge in [-0.3, -0.25) is 15.4 Å².